The highest BCUT2D eigenvalue weighted by Gasteiger charge is 2.19. The van der Waals surface area contributed by atoms with Gasteiger partial charge in [0.2, 0.25) is 0 Å². The number of benzene rings is 1. The summed E-state index contributed by atoms with van der Waals surface area (Å²) in [5.74, 6) is -0.995. The molecule has 7 heteroatoms. The van der Waals surface area contributed by atoms with Crippen LogP contribution in [0.4, 0.5) is 0 Å². The van der Waals surface area contributed by atoms with Gasteiger partial charge < -0.3 is 11.5 Å². The largest absolute Gasteiger partial charge is 0.370 e. The Hall–Kier alpha value is -2.15. The highest BCUT2D eigenvalue weighted by atomic mass is 32.2. The van der Waals surface area contributed by atoms with Crippen molar-refractivity contribution < 1.29 is 13.2 Å². The Morgan fingerprint density at radius 2 is 1.91 bits per heavy atom. The molecule has 0 bridgehead atoms. The van der Waals surface area contributed by atoms with E-state index in [-0.39, 0.29) is 16.4 Å². The van der Waals surface area contributed by atoms with E-state index >= 15 is 0 Å². The number of nitrogens with two attached hydrogens (primary N) is 2. The van der Waals surface area contributed by atoms with Crippen LogP contribution in [0, 0.1) is 0 Å². The van der Waals surface area contributed by atoms with Crippen LogP contribution < -0.4 is 11.5 Å². The smallest absolute Gasteiger partial charge is 0.280 e. The number of hydrogen-bond donors (Lipinski definition) is 2. The van der Waals surface area contributed by atoms with E-state index in [4.69, 9.17) is 11.5 Å². The van der Waals surface area contributed by atoms with E-state index in [9.17, 15) is 13.2 Å². The van der Waals surface area contributed by atoms with Crippen molar-refractivity contribution in [3.05, 3.63) is 41.0 Å². The minimum absolute atomic E-state index is 0.122. The molecule has 120 valence electrons. The molecule has 0 atom stereocenters. The molecule has 0 aromatic heterocycles. The van der Waals surface area contributed by atoms with Crippen LogP contribution in [0.2, 0.25) is 0 Å². The van der Waals surface area contributed by atoms with Gasteiger partial charge in [-0.1, -0.05) is 25.1 Å². The third kappa shape index (κ3) is 4.42. The standard InChI is InChI=1S/C15H21N3O3S/c1-4-6-7-11-8-10(5-2)12(14(19)18-15(16)17)9-13(11)22(3,20)21/h4,6,8-9H,5,7H2,1-3H3,(H4,16,17,18,19)/b6-4+. The maximum Gasteiger partial charge on any atom is 0.280 e. The number of carbonyl (C=O) groups excluding carboxylic acids is 1. The van der Waals surface area contributed by atoms with Gasteiger partial charge in [-0.25, -0.2) is 8.42 Å². The van der Waals surface area contributed by atoms with Gasteiger partial charge in [-0.15, -0.1) is 0 Å². The molecular weight excluding hydrogens is 302 g/mol. The summed E-state index contributed by atoms with van der Waals surface area (Å²) >= 11 is 0. The summed E-state index contributed by atoms with van der Waals surface area (Å²) < 4.78 is 24.0. The van der Waals surface area contributed by atoms with Gasteiger partial charge in [-0.2, -0.15) is 4.99 Å². The molecule has 1 aromatic carbocycles. The number of nitrogens with zero attached hydrogens (tertiary/aromatic N) is 1. The molecule has 0 spiro atoms. The molecular formula is C15H21N3O3S. The summed E-state index contributed by atoms with van der Waals surface area (Å²) in [5, 5.41) is 0. The summed E-state index contributed by atoms with van der Waals surface area (Å²) in [6.45, 7) is 3.73. The number of aliphatic imine (C=N–C) groups is 1. The molecule has 6 nitrogen and oxygen atoms in total. The summed E-state index contributed by atoms with van der Waals surface area (Å²) in [7, 11) is -3.47. The molecule has 0 saturated heterocycles. The Labute approximate surface area is 130 Å². The minimum Gasteiger partial charge on any atom is -0.370 e. The van der Waals surface area contributed by atoms with Crippen LogP contribution in [0.3, 0.4) is 0 Å². The second kappa shape index (κ2) is 7.22. The highest BCUT2D eigenvalue weighted by Crippen LogP contribution is 2.24. The average molecular weight is 323 g/mol. The van der Waals surface area contributed by atoms with Crippen LogP contribution in [0.5, 0.6) is 0 Å². The van der Waals surface area contributed by atoms with E-state index in [0.717, 1.165) is 6.26 Å². The number of guanidine groups is 1. The average Bonchev–Trinajstić information content (AvgIpc) is 2.42. The molecule has 0 aliphatic rings. The van der Waals surface area contributed by atoms with Crippen LogP contribution in [-0.4, -0.2) is 26.5 Å². The normalized spacial score (nSPS) is 11.6. The number of amides is 1. The number of allylic oxidation sites excluding steroid dienone is 2. The number of carbonyl (C=O) groups is 1. The van der Waals surface area contributed by atoms with Crippen molar-refractivity contribution in [1.82, 2.24) is 0 Å². The zero-order chi connectivity index (χ0) is 16.9. The fourth-order valence-corrected chi connectivity index (χ4v) is 3.04. The molecule has 0 fully saturated rings. The predicted octanol–water partition coefficient (Wildman–Crippen LogP) is 1.18. The quantitative estimate of drug-likeness (QED) is 0.479. The van der Waals surface area contributed by atoms with Gasteiger partial charge in [0.15, 0.2) is 15.8 Å². The second-order valence-corrected chi connectivity index (χ2v) is 6.84. The molecule has 1 amide bonds. The summed E-state index contributed by atoms with van der Waals surface area (Å²) in [5.41, 5.74) is 12.0. The van der Waals surface area contributed by atoms with Crippen molar-refractivity contribution in [2.45, 2.75) is 31.6 Å². The van der Waals surface area contributed by atoms with Gasteiger partial charge in [0.1, 0.15) is 0 Å². The highest BCUT2D eigenvalue weighted by molar-refractivity contribution is 7.90. The number of rotatable bonds is 5. The van der Waals surface area contributed by atoms with Gasteiger partial charge >= 0.3 is 0 Å². The molecule has 1 aromatic rings. The van der Waals surface area contributed by atoms with Crippen LogP contribution in [0.25, 0.3) is 0 Å². The van der Waals surface area contributed by atoms with Gasteiger partial charge in [0.25, 0.3) is 5.91 Å². The maximum absolute atomic E-state index is 12.1. The maximum atomic E-state index is 12.1. The lowest BCUT2D eigenvalue weighted by atomic mass is 9.99. The molecule has 0 heterocycles. The van der Waals surface area contributed by atoms with Crippen molar-refractivity contribution >= 4 is 21.7 Å². The van der Waals surface area contributed by atoms with Gasteiger partial charge in [0.05, 0.1) is 4.90 Å². The fraction of sp³-hybridized carbons (Fsp3) is 0.333. The Kier molecular flexibility index (Phi) is 5.87. The van der Waals surface area contributed by atoms with Gasteiger partial charge in [-0.3, -0.25) is 4.79 Å². The fourth-order valence-electron chi connectivity index (χ4n) is 2.09. The first-order valence-electron chi connectivity index (χ1n) is 6.81. The number of sulfone groups is 1. The minimum atomic E-state index is -3.47. The van der Waals surface area contributed by atoms with Crippen LogP contribution in [0.1, 0.15) is 35.3 Å². The van der Waals surface area contributed by atoms with E-state index in [2.05, 4.69) is 4.99 Å². The lowest BCUT2D eigenvalue weighted by Gasteiger charge is -2.12. The van der Waals surface area contributed by atoms with Crippen LogP contribution in [0.15, 0.2) is 34.2 Å². The lowest BCUT2D eigenvalue weighted by Crippen LogP contribution is -2.24. The molecule has 1 rings (SSSR count). The summed E-state index contributed by atoms with van der Waals surface area (Å²) in [6, 6.07) is 3.09. The zero-order valence-corrected chi connectivity index (χ0v) is 13.8. The predicted molar refractivity (Wildman–Crippen MR) is 87.6 cm³/mol. The van der Waals surface area contributed by atoms with E-state index in [1.54, 1.807) is 6.07 Å². The zero-order valence-electron chi connectivity index (χ0n) is 13.0. The Bertz CT molecular complexity index is 731. The first-order chi connectivity index (χ1) is 10.2. The van der Waals surface area contributed by atoms with Crippen molar-refractivity contribution in [2.75, 3.05) is 6.26 Å². The second-order valence-electron chi connectivity index (χ2n) is 4.86. The van der Waals surface area contributed by atoms with Gasteiger partial charge in [-0.05, 0) is 37.0 Å². The molecule has 0 aliphatic heterocycles. The molecule has 0 radical (unpaired) electrons. The molecule has 0 aliphatic carbocycles. The molecule has 0 saturated carbocycles. The Balaban J connectivity index is 3.60. The van der Waals surface area contributed by atoms with E-state index in [1.165, 1.54) is 6.07 Å². The molecule has 22 heavy (non-hydrogen) atoms. The van der Waals surface area contributed by atoms with Crippen molar-refractivity contribution in [1.29, 1.82) is 0 Å². The van der Waals surface area contributed by atoms with Crippen LogP contribution in [-0.2, 0) is 22.7 Å². The number of aryl methyl sites for hydroxylation is 1. The summed E-state index contributed by atoms with van der Waals surface area (Å²) in [6.07, 6.45) is 5.86. The third-order valence-corrected chi connectivity index (χ3v) is 4.28. The number of hydrogen-bond acceptors (Lipinski definition) is 3. The SMILES string of the molecule is C/C=C/Cc1cc(CC)c(C(=O)N=C(N)N)cc1S(C)(=O)=O. The first-order valence-corrected chi connectivity index (χ1v) is 8.70. The Morgan fingerprint density at radius 1 is 1.27 bits per heavy atom. The van der Waals surface area contributed by atoms with E-state index < -0.39 is 15.7 Å². The third-order valence-electron chi connectivity index (χ3n) is 3.10. The van der Waals surface area contributed by atoms with Crippen molar-refractivity contribution in [3.63, 3.8) is 0 Å². The monoisotopic (exact) mass is 323 g/mol. The van der Waals surface area contributed by atoms with Crippen LogP contribution >= 0.6 is 0 Å². The van der Waals surface area contributed by atoms with E-state index in [1.807, 2.05) is 26.0 Å². The molecule has 4 N–H and O–H groups in total. The van der Waals surface area contributed by atoms with Crippen molar-refractivity contribution in [3.8, 4) is 0 Å². The lowest BCUT2D eigenvalue weighted by molar-refractivity contribution is 0.100. The first kappa shape index (κ1) is 17.9. The van der Waals surface area contributed by atoms with E-state index in [0.29, 0.717) is 24.0 Å². The molecule has 0 unspecified atom stereocenters. The Morgan fingerprint density at radius 3 is 2.36 bits per heavy atom. The topological polar surface area (TPSA) is 116 Å². The summed E-state index contributed by atoms with van der Waals surface area (Å²) in [4.78, 5) is 15.7. The van der Waals surface area contributed by atoms with Crippen molar-refractivity contribution in [2.24, 2.45) is 16.5 Å². The van der Waals surface area contributed by atoms with Gasteiger partial charge in [0, 0.05) is 11.8 Å².